The Morgan fingerprint density at radius 2 is 1.88 bits per heavy atom. The number of piperidine rings is 1. The van der Waals surface area contributed by atoms with Crippen LogP contribution < -0.4 is 10.6 Å². The predicted molar refractivity (Wildman–Crippen MR) is 91.6 cm³/mol. The molecule has 2 aliphatic rings. The van der Waals surface area contributed by atoms with E-state index in [0.29, 0.717) is 52.0 Å². The van der Waals surface area contributed by atoms with Gasteiger partial charge in [-0.25, -0.2) is 0 Å². The SMILES string of the molecule is CCCC(=O)N1CCCCC1C(=O)NCC(N1CCNCC1)C(F)(F)F. The van der Waals surface area contributed by atoms with E-state index in [0.717, 1.165) is 12.8 Å². The maximum atomic E-state index is 13.4. The third kappa shape index (κ3) is 5.57. The summed E-state index contributed by atoms with van der Waals surface area (Å²) in [5, 5.41) is 5.50. The van der Waals surface area contributed by atoms with Gasteiger partial charge in [-0.1, -0.05) is 6.92 Å². The number of halogens is 3. The van der Waals surface area contributed by atoms with Crippen LogP contribution in [-0.4, -0.2) is 79.1 Å². The number of hydrogen-bond donors (Lipinski definition) is 2. The summed E-state index contributed by atoms with van der Waals surface area (Å²) in [7, 11) is 0. The largest absolute Gasteiger partial charge is 0.405 e. The maximum absolute atomic E-state index is 13.4. The highest BCUT2D eigenvalue weighted by atomic mass is 19.4. The van der Waals surface area contributed by atoms with Gasteiger partial charge in [-0.15, -0.1) is 0 Å². The lowest BCUT2D eigenvalue weighted by Crippen LogP contribution is -2.59. The molecule has 2 fully saturated rings. The van der Waals surface area contributed by atoms with E-state index in [4.69, 9.17) is 0 Å². The second kappa shape index (κ2) is 9.55. The van der Waals surface area contributed by atoms with E-state index in [1.165, 1.54) is 9.80 Å². The van der Waals surface area contributed by atoms with Crippen molar-refractivity contribution in [3.63, 3.8) is 0 Å². The van der Waals surface area contributed by atoms with E-state index in [1.807, 2.05) is 6.92 Å². The Labute approximate surface area is 152 Å². The topological polar surface area (TPSA) is 64.7 Å². The zero-order valence-corrected chi connectivity index (χ0v) is 15.3. The fraction of sp³-hybridized carbons (Fsp3) is 0.882. The number of piperazine rings is 1. The summed E-state index contributed by atoms with van der Waals surface area (Å²) in [5.74, 6) is -0.569. The average molecular weight is 378 g/mol. The third-order valence-corrected chi connectivity index (χ3v) is 5.03. The Hall–Kier alpha value is -1.35. The van der Waals surface area contributed by atoms with Crippen molar-refractivity contribution in [3.8, 4) is 0 Å². The number of nitrogens with one attached hydrogen (secondary N) is 2. The van der Waals surface area contributed by atoms with Crippen molar-refractivity contribution in [2.24, 2.45) is 0 Å². The minimum atomic E-state index is -4.41. The Balaban J connectivity index is 1.98. The number of hydrogen-bond acceptors (Lipinski definition) is 4. The van der Waals surface area contributed by atoms with Gasteiger partial charge in [0.2, 0.25) is 11.8 Å². The minimum absolute atomic E-state index is 0.0955. The zero-order chi connectivity index (χ0) is 19.2. The van der Waals surface area contributed by atoms with Crippen LogP contribution in [0.5, 0.6) is 0 Å². The third-order valence-electron chi connectivity index (χ3n) is 5.03. The van der Waals surface area contributed by atoms with Gasteiger partial charge in [0.15, 0.2) is 0 Å². The molecule has 0 spiro atoms. The van der Waals surface area contributed by atoms with E-state index in [1.54, 1.807) is 0 Å². The van der Waals surface area contributed by atoms with Gasteiger partial charge in [0.05, 0.1) is 0 Å². The van der Waals surface area contributed by atoms with Crippen molar-refractivity contribution in [2.45, 2.75) is 57.3 Å². The van der Waals surface area contributed by atoms with E-state index in [-0.39, 0.29) is 5.91 Å². The van der Waals surface area contributed by atoms with Crippen LogP contribution in [-0.2, 0) is 9.59 Å². The van der Waals surface area contributed by atoms with Crippen LogP contribution in [0, 0.1) is 0 Å². The molecule has 2 amide bonds. The normalized spacial score (nSPS) is 23.5. The second-order valence-electron chi connectivity index (χ2n) is 6.94. The molecule has 2 heterocycles. The Morgan fingerprint density at radius 1 is 1.19 bits per heavy atom. The van der Waals surface area contributed by atoms with E-state index in [2.05, 4.69) is 10.6 Å². The van der Waals surface area contributed by atoms with E-state index in [9.17, 15) is 22.8 Å². The standard InChI is InChI=1S/C17H29F3N4O2/c1-2-5-15(25)24-9-4-3-6-13(24)16(26)22-12-14(17(18,19)20)23-10-7-21-8-11-23/h13-14,21H,2-12H2,1H3,(H,22,26). The highest BCUT2D eigenvalue weighted by Crippen LogP contribution is 2.25. The summed E-state index contributed by atoms with van der Waals surface area (Å²) in [6, 6.07) is -2.35. The molecule has 2 atom stereocenters. The van der Waals surface area contributed by atoms with Crippen LogP contribution in [0.15, 0.2) is 0 Å². The lowest BCUT2D eigenvalue weighted by molar-refractivity contribution is -0.184. The summed E-state index contributed by atoms with van der Waals surface area (Å²) in [6.45, 7) is 3.50. The smallest absolute Gasteiger partial charge is 0.352 e. The van der Waals surface area contributed by atoms with Crippen molar-refractivity contribution < 1.29 is 22.8 Å². The molecule has 0 radical (unpaired) electrons. The summed E-state index contributed by atoms with van der Waals surface area (Å²) in [5.41, 5.74) is 0. The number of rotatable bonds is 6. The zero-order valence-electron chi connectivity index (χ0n) is 15.3. The first-order valence-electron chi connectivity index (χ1n) is 9.43. The Kier molecular flexibility index (Phi) is 7.69. The first-order valence-corrected chi connectivity index (χ1v) is 9.43. The van der Waals surface area contributed by atoms with Gasteiger partial charge in [-0.05, 0) is 25.7 Å². The average Bonchev–Trinajstić information content (AvgIpc) is 2.61. The molecule has 2 N–H and O–H groups in total. The van der Waals surface area contributed by atoms with Crippen LogP contribution >= 0.6 is 0 Å². The van der Waals surface area contributed by atoms with Crippen LogP contribution in [0.25, 0.3) is 0 Å². The highest BCUT2D eigenvalue weighted by Gasteiger charge is 2.44. The van der Waals surface area contributed by atoms with Crippen molar-refractivity contribution in [2.75, 3.05) is 39.3 Å². The number of likely N-dealkylation sites (tertiary alicyclic amines) is 1. The quantitative estimate of drug-likeness (QED) is 0.727. The molecule has 0 aromatic carbocycles. The molecule has 150 valence electrons. The van der Waals surface area contributed by atoms with Gasteiger partial charge in [0, 0.05) is 45.7 Å². The molecule has 6 nitrogen and oxygen atoms in total. The van der Waals surface area contributed by atoms with E-state index < -0.39 is 30.7 Å². The van der Waals surface area contributed by atoms with Crippen LogP contribution in [0.1, 0.15) is 39.0 Å². The monoisotopic (exact) mass is 378 g/mol. The summed E-state index contributed by atoms with van der Waals surface area (Å²) >= 11 is 0. The number of alkyl halides is 3. The summed E-state index contributed by atoms with van der Waals surface area (Å²) in [4.78, 5) is 27.6. The first kappa shape index (κ1) is 21.0. The Bertz CT molecular complexity index is 481. The molecule has 2 saturated heterocycles. The summed E-state index contributed by atoms with van der Waals surface area (Å²) < 4.78 is 40.3. The van der Waals surface area contributed by atoms with Crippen LogP contribution in [0.4, 0.5) is 13.2 Å². The molecule has 26 heavy (non-hydrogen) atoms. The number of nitrogens with zero attached hydrogens (tertiary/aromatic N) is 2. The van der Waals surface area contributed by atoms with Crippen molar-refractivity contribution in [3.05, 3.63) is 0 Å². The van der Waals surface area contributed by atoms with Gasteiger partial charge in [0.1, 0.15) is 12.1 Å². The van der Waals surface area contributed by atoms with Gasteiger partial charge >= 0.3 is 6.18 Å². The van der Waals surface area contributed by atoms with Crippen LogP contribution in [0.3, 0.4) is 0 Å². The fourth-order valence-corrected chi connectivity index (χ4v) is 3.62. The molecular formula is C17H29F3N4O2. The lowest BCUT2D eigenvalue weighted by Gasteiger charge is -2.37. The predicted octanol–water partition coefficient (Wildman–Crippen LogP) is 1.12. The molecule has 2 unspecified atom stereocenters. The van der Waals surface area contributed by atoms with Gasteiger partial charge in [-0.2, -0.15) is 13.2 Å². The molecule has 2 aliphatic heterocycles. The minimum Gasteiger partial charge on any atom is -0.352 e. The highest BCUT2D eigenvalue weighted by molar-refractivity contribution is 5.87. The van der Waals surface area contributed by atoms with Crippen molar-refractivity contribution in [1.82, 2.24) is 20.4 Å². The summed E-state index contributed by atoms with van der Waals surface area (Å²) in [6.07, 6.45) is -1.24. The van der Waals surface area contributed by atoms with Crippen LogP contribution in [0.2, 0.25) is 0 Å². The second-order valence-corrected chi connectivity index (χ2v) is 6.94. The lowest BCUT2D eigenvalue weighted by atomic mass is 10.0. The number of carbonyl (C=O) groups excluding carboxylic acids is 2. The maximum Gasteiger partial charge on any atom is 0.405 e. The molecule has 2 rings (SSSR count). The molecule has 0 aromatic heterocycles. The fourth-order valence-electron chi connectivity index (χ4n) is 3.62. The van der Waals surface area contributed by atoms with E-state index >= 15 is 0 Å². The molecule has 0 aromatic rings. The Morgan fingerprint density at radius 3 is 2.50 bits per heavy atom. The van der Waals surface area contributed by atoms with Gasteiger partial charge in [-0.3, -0.25) is 14.5 Å². The molecule has 0 saturated carbocycles. The molecule has 9 heteroatoms. The van der Waals surface area contributed by atoms with Crippen molar-refractivity contribution in [1.29, 1.82) is 0 Å². The number of carbonyl (C=O) groups is 2. The molecule has 0 bridgehead atoms. The number of amides is 2. The molecular weight excluding hydrogens is 349 g/mol. The van der Waals surface area contributed by atoms with Gasteiger partial charge in [0.25, 0.3) is 0 Å². The van der Waals surface area contributed by atoms with Gasteiger partial charge < -0.3 is 15.5 Å². The first-order chi connectivity index (χ1) is 12.3. The molecule has 0 aliphatic carbocycles. The van der Waals surface area contributed by atoms with Crippen molar-refractivity contribution >= 4 is 11.8 Å².